The summed E-state index contributed by atoms with van der Waals surface area (Å²) in [6, 6.07) is 8.49. The van der Waals surface area contributed by atoms with E-state index in [-0.39, 0.29) is 11.3 Å². The number of nitrogens with zero attached hydrogens (tertiary/aromatic N) is 1. The quantitative estimate of drug-likeness (QED) is 0.414. The number of benzene rings is 2. The van der Waals surface area contributed by atoms with E-state index in [1.165, 1.54) is 11.2 Å². The molecule has 0 heterocycles. The number of hydrazine groups is 2. The van der Waals surface area contributed by atoms with Crippen molar-refractivity contribution in [3.8, 4) is 0 Å². The Hall–Kier alpha value is -2.33. The van der Waals surface area contributed by atoms with E-state index in [1.54, 1.807) is 18.2 Å². The number of nitrogens with one attached hydrogen (secondary N) is 2. The van der Waals surface area contributed by atoms with Gasteiger partial charge >= 0.3 is 5.97 Å². The van der Waals surface area contributed by atoms with Crippen molar-refractivity contribution in [1.82, 2.24) is 5.43 Å². The number of aromatic carboxylic acids is 1. The second-order valence-electron chi connectivity index (χ2n) is 5.38. The zero-order chi connectivity index (χ0) is 19.5. The smallest absolute Gasteiger partial charge is 0.337 e. The molecular formula is C16H18ClN3O5S. The van der Waals surface area contributed by atoms with Gasteiger partial charge in [-0.1, -0.05) is 24.6 Å². The highest BCUT2D eigenvalue weighted by Crippen LogP contribution is 2.26. The first-order valence-electron chi connectivity index (χ1n) is 7.54. The predicted octanol–water partition coefficient (Wildman–Crippen LogP) is 2.95. The Morgan fingerprint density at radius 3 is 2.50 bits per heavy atom. The van der Waals surface area contributed by atoms with Crippen LogP contribution in [-0.4, -0.2) is 30.6 Å². The van der Waals surface area contributed by atoms with Gasteiger partial charge in [0.25, 0.3) is 10.1 Å². The van der Waals surface area contributed by atoms with Gasteiger partial charge in [-0.25, -0.2) is 15.3 Å². The minimum Gasteiger partial charge on any atom is -0.478 e. The van der Waals surface area contributed by atoms with Crippen LogP contribution in [0.3, 0.4) is 0 Å². The fourth-order valence-electron chi connectivity index (χ4n) is 2.22. The highest BCUT2D eigenvalue weighted by atomic mass is 35.5. The summed E-state index contributed by atoms with van der Waals surface area (Å²) in [6.45, 7) is 4.11. The van der Waals surface area contributed by atoms with Gasteiger partial charge in [0.15, 0.2) is 0 Å². The molecule has 140 valence electrons. The number of hydrogen-bond acceptors (Lipinski definition) is 6. The Labute approximate surface area is 156 Å². The minimum atomic E-state index is -4.52. The molecule has 26 heavy (non-hydrogen) atoms. The van der Waals surface area contributed by atoms with Crippen LogP contribution >= 0.6 is 11.6 Å². The van der Waals surface area contributed by atoms with Gasteiger partial charge in [0.1, 0.15) is 0 Å². The molecule has 2 aromatic carbocycles. The summed E-state index contributed by atoms with van der Waals surface area (Å²) in [5.74, 6) is -1.35. The lowest BCUT2D eigenvalue weighted by Gasteiger charge is -2.28. The minimum absolute atomic E-state index is 0.158. The molecule has 4 N–H and O–H groups in total. The molecule has 2 rings (SSSR count). The lowest BCUT2D eigenvalue weighted by Crippen LogP contribution is -2.43. The van der Waals surface area contributed by atoms with Crippen LogP contribution in [0.15, 0.2) is 41.3 Å². The maximum absolute atomic E-state index is 11.6. The highest BCUT2D eigenvalue weighted by Gasteiger charge is 2.21. The van der Waals surface area contributed by atoms with E-state index in [4.69, 9.17) is 16.2 Å². The van der Waals surface area contributed by atoms with Gasteiger partial charge in [0.2, 0.25) is 0 Å². The number of halogens is 1. The molecule has 10 heteroatoms. The van der Waals surface area contributed by atoms with Crippen molar-refractivity contribution < 1.29 is 22.9 Å². The molecule has 0 fully saturated rings. The number of aryl methyl sites for hydroxylation is 1. The number of carboxylic acids is 1. The number of anilines is 2. The van der Waals surface area contributed by atoms with Crippen molar-refractivity contribution in [3.63, 3.8) is 0 Å². The van der Waals surface area contributed by atoms with Crippen LogP contribution in [-0.2, 0) is 10.1 Å². The maximum atomic E-state index is 11.6. The van der Waals surface area contributed by atoms with Crippen LogP contribution in [0.2, 0.25) is 5.02 Å². The molecule has 0 aromatic heterocycles. The van der Waals surface area contributed by atoms with Crippen molar-refractivity contribution in [2.24, 2.45) is 0 Å². The Balaban J connectivity index is 2.52. The Morgan fingerprint density at radius 1 is 1.23 bits per heavy atom. The Kier molecular flexibility index (Phi) is 6.09. The van der Waals surface area contributed by atoms with Crippen LogP contribution < -0.4 is 16.0 Å². The summed E-state index contributed by atoms with van der Waals surface area (Å²) in [7, 11) is -4.52. The van der Waals surface area contributed by atoms with Gasteiger partial charge in [-0.05, 0) is 42.8 Å². The molecule has 0 bridgehead atoms. The third kappa shape index (κ3) is 4.64. The third-order valence-electron chi connectivity index (χ3n) is 3.49. The number of carboxylic acid groups (broad SMARTS) is 1. The van der Waals surface area contributed by atoms with E-state index in [0.29, 0.717) is 17.3 Å². The molecule has 0 aliphatic heterocycles. The van der Waals surface area contributed by atoms with Gasteiger partial charge < -0.3 is 5.11 Å². The standard InChI is InChI=1S/C16H18ClN3O5S/c1-3-18-20(19-14-8-11(17)5-4-10(14)2)15-7-6-12(26(23,24)25)9-13(15)16(21)22/h4-9,18-19H,3H2,1-2H3,(H,21,22)(H,23,24,25). The van der Waals surface area contributed by atoms with Crippen LogP contribution in [0.1, 0.15) is 22.8 Å². The summed E-state index contributed by atoms with van der Waals surface area (Å²) >= 11 is 6.01. The molecule has 0 aliphatic rings. The monoisotopic (exact) mass is 399 g/mol. The molecule has 0 saturated heterocycles. The van der Waals surface area contributed by atoms with Crippen LogP contribution in [0.5, 0.6) is 0 Å². The summed E-state index contributed by atoms with van der Waals surface area (Å²) in [5, 5.41) is 11.3. The molecule has 0 amide bonds. The summed E-state index contributed by atoms with van der Waals surface area (Å²) in [4.78, 5) is 11.1. The average molecular weight is 400 g/mol. The second kappa shape index (κ2) is 7.92. The molecule has 0 atom stereocenters. The van der Waals surface area contributed by atoms with Crippen molar-refractivity contribution in [1.29, 1.82) is 0 Å². The van der Waals surface area contributed by atoms with Crippen molar-refractivity contribution >= 4 is 39.1 Å². The first kappa shape index (κ1) is 20.0. The van der Waals surface area contributed by atoms with Gasteiger partial charge in [-0.3, -0.25) is 9.98 Å². The topological polar surface area (TPSA) is 119 Å². The van der Waals surface area contributed by atoms with E-state index in [9.17, 15) is 18.3 Å². The second-order valence-corrected chi connectivity index (χ2v) is 7.24. The fraction of sp³-hybridized carbons (Fsp3) is 0.188. The lowest BCUT2D eigenvalue weighted by molar-refractivity contribution is 0.0697. The van der Waals surface area contributed by atoms with Crippen molar-refractivity contribution in [2.45, 2.75) is 18.7 Å². The number of hydrogen-bond donors (Lipinski definition) is 4. The SMILES string of the molecule is CCNN(Nc1cc(Cl)ccc1C)c1ccc(S(=O)(=O)O)cc1C(=O)O. The Morgan fingerprint density at radius 2 is 1.92 bits per heavy atom. The molecule has 0 spiro atoms. The number of rotatable bonds is 7. The van der Waals surface area contributed by atoms with Crippen molar-refractivity contribution in [3.05, 3.63) is 52.5 Å². The molecule has 8 nitrogen and oxygen atoms in total. The van der Waals surface area contributed by atoms with Crippen LogP contribution in [0.25, 0.3) is 0 Å². The van der Waals surface area contributed by atoms with Crippen LogP contribution in [0.4, 0.5) is 11.4 Å². The predicted molar refractivity (Wildman–Crippen MR) is 99.2 cm³/mol. The largest absolute Gasteiger partial charge is 0.478 e. The van der Waals surface area contributed by atoms with E-state index >= 15 is 0 Å². The normalized spacial score (nSPS) is 11.2. The first-order chi connectivity index (χ1) is 12.1. The van der Waals surface area contributed by atoms with E-state index in [2.05, 4.69) is 10.9 Å². The summed E-state index contributed by atoms with van der Waals surface area (Å²) < 4.78 is 31.7. The Bertz CT molecular complexity index is 933. The van der Waals surface area contributed by atoms with Gasteiger partial charge in [-0.15, -0.1) is 0 Å². The number of carbonyl (C=O) groups is 1. The fourth-order valence-corrected chi connectivity index (χ4v) is 2.90. The van der Waals surface area contributed by atoms with Gasteiger partial charge in [0.05, 0.1) is 21.8 Å². The molecular weight excluding hydrogens is 382 g/mol. The molecule has 0 radical (unpaired) electrons. The summed E-state index contributed by atoms with van der Waals surface area (Å²) in [5.41, 5.74) is 7.32. The summed E-state index contributed by atoms with van der Waals surface area (Å²) in [6.07, 6.45) is 0. The van der Waals surface area contributed by atoms with E-state index < -0.39 is 21.0 Å². The van der Waals surface area contributed by atoms with Gasteiger partial charge in [0, 0.05) is 11.6 Å². The first-order valence-corrected chi connectivity index (χ1v) is 9.36. The van der Waals surface area contributed by atoms with Crippen molar-refractivity contribution in [2.75, 3.05) is 17.1 Å². The molecule has 0 aliphatic carbocycles. The zero-order valence-electron chi connectivity index (χ0n) is 14.0. The molecule has 0 unspecified atom stereocenters. The third-order valence-corrected chi connectivity index (χ3v) is 4.57. The van der Waals surface area contributed by atoms with Crippen LogP contribution in [0, 0.1) is 6.92 Å². The highest BCUT2D eigenvalue weighted by molar-refractivity contribution is 7.85. The van der Waals surface area contributed by atoms with E-state index in [0.717, 1.165) is 17.7 Å². The zero-order valence-corrected chi connectivity index (χ0v) is 15.6. The van der Waals surface area contributed by atoms with E-state index in [1.807, 2.05) is 13.8 Å². The average Bonchev–Trinajstić information content (AvgIpc) is 2.56. The molecule has 0 saturated carbocycles. The molecule has 2 aromatic rings. The maximum Gasteiger partial charge on any atom is 0.337 e. The lowest BCUT2D eigenvalue weighted by atomic mass is 10.2. The van der Waals surface area contributed by atoms with Gasteiger partial charge in [-0.2, -0.15) is 8.42 Å².